The highest BCUT2D eigenvalue weighted by Gasteiger charge is 2.27. The largest absolute Gasteiger partial charge is 0.288 e. The molecule has 1 unspecified atom stereocenters. The van der Waals surface area contributed by atoms with Crippen LogP contribution in [0.3, 0.4) is 0 Å². The fraction of sp³-hybridized carbons (Fsp3) is 0.235. The van der Waals surface area contributed by atoms with E-state index in [9.17, 15) is 9.36 Å². The molecule has 0 fully saturated rings. The van der Waals surface area contributed by atoms with Gasteiger partial charge in [-0.25, -0.2) is 0 Å². The quantitative estimate of drug-likeness (QED) is 0.541. The highest BCUT2D eigenvalue weighted by atomic mass is 35.5. The van der Waals surface area contributed by atoms with Crippen molar-refractivity contribution in [3.8, 4) is 0 Å². The van der Waals surface area contributed by atoms with Crippen molar-refractivity contribution in [1.29, 1.82) is 0 Å². The van der Waals surface area contributed by atoms with Crippen LogP contribution in [0.1, 0.15) is 36.7 Å². The van der Waals surface area contributed by atoms with Crippen molar-refractivity contribution in [3.63, 3.8) is 0 Å². The number of benzene rings is 2. The molecule has 2 aromatic carbocycles. The van der Waals surface area contributed by atoms with Gasteiger partial charge in [-0.15, -0.1) is 0 Å². The number of ketones is 1. The Morgan fingerprint density at radius 3 is 2.05 bits per heavy atom. The lowest BCUT2D eigenvalue weighted by molar-refractivity contribution is 0.104. The van der Waals surface area contributed by atoms with E-state index < -0.39 is 13.0 Å². The smallest absolute Gasteiger partial charge is 0.197 e. The summed E-state index contributed by atoms with van der Waals surface area (Å²) in [6.45, 7) is 5.65. The van der Waals surface area contributed by atoms with Crippen molar-refractivity contribution < 1.29 is 9.36 Å². The Bertz CT molecular complexity index is 728. The van der Waals surface area contributed by atoms with E-state index in [1.54, 1.807) is 42.5 Å². The van der Waals surface area contributed by atoms with Crippen molar-refractivity contribution in [3.05, 3.63) is 63.6 Å². The summed E-state index contributed by atoms with van der Waals surface area (Å²) in [5.74, 6) is -0.307. The van der Waals surface area contributed by atoms with Gasteiger partial charge in [-0.2, -0.15) is 0 Å². The van der Waals surface area contributed by atoms with Gasteiger partial charge in [0.2, 0.25) is 0 Å². The molecule has 0 aliphatic heterocycles. The molecule has 2 aromatic rings. The maximum absolute atomic E-state index is 12.8. The summed E-state index contributed by atoms with van der Waals surface area (Å²) in [5.41, 5.74) is 0.629. The fourth-order valence-corrected chi connectivity index (χ4v) is 3.96. The van der Waals surface area contributed by atoms with Crippen LogP contribution < -0.4 is 5.30 Å². The van der Waals surface area contributed by atoms with Gasteiger partial charge in [0.05, 0.1) is 15.6 Å². The molecule has 115 valence electrons. The van der Waals surface area contributed by atoms with Crippen LogP contribution in [0, 0.1) is 0 Å². The van der Waals surface area contributed by atoms with Crippen LogP contribution in [-0.4, -0.2) is 10.9 Å². The Balaban J connectivity index is 2.59. The summed E-state index contributed by atoms with van der Waals surface area (Å²) in [6, 6.07) is 11.8. The van der Waals surface area contributed by atoms with E-state index in [1.165, 1.54) is 0 Å². The first kappa shape index (κ1) is 17.1. The average molecular weight is 354 g/mol. The van der Waals surface area contributed by atoms with Gasteiger partial charge in [0.15, 0.2) is 5.78 Å². The van der Waals surface area contributed by atoms with E-state index in [4.69, 9.17) is 23.2 Å². The molecule has 0 aromatic heterocycles. The molecule has 1 atom stereocenters. The summed E-state index contributed by atoms with van der Waals surface area (Å²) < 4.78 is 12.7. The first-order chi connectivity index (χ1) is 10.2. The van der Waals surface area contributed by atoms with E-state index >= 15 is 0 Å². The summed E-state index contributed by atoms with van der Waals surface area (Å²) in [5, 5.41) is 0.679. The molecule has 22 heavy (non-hydrogen) atoms. The Hall–Kier alpha value is -1.21. The van der Waals surface area contributed by atoms with Gasteiger partial charge in [-0.05, 0) is 45.0 Å². The minimum absolute atomic E-state index is 0.246. The third-order valence-electron chi connectivity index (χ3n) is 3.17. The Morgan fingerprint density at radius 2 is 1.50 bits per heavy atom. The maximum Gasteiger partial charge on any atom is 0.197 e. The molecule has 0 saturated carbocycles. The molecule has 5 heteroatoms. The Morgan fingerprint density at radius 1 is 0.955 bits per heavy atom. The van der Waals surface area contributed by atoms with Gasteiger partial charge < -0.3 is 0 Å². The van der Waals surface area contributed by atoms with E-state index in [-0.39, 0.29) is 11.3 Å². The second-order valence-corrected chi connectivity index (χ2v) is 9.13. The number of hydrogen-bond acceptors (Lipinski definition) is 2. The van der Waals surface area contributed by atoms with Crippen molar-refractivity contribution in [2.24, 2.45) is 0 Å². The predicted octanol–water partition coefficient (Wildman–Crippen LogP) is 5.48. The van der Waals surface area contributed by atoms with Crippen LogP contribution in [-0.2, 0) is 4.57 Å². The van der Waals surface area contributed by atoms with E-state index in [1.807, 2.05) is 20.8 Å². The van der Waals surface area contributed by atoms with Gasteiger partial charge in [-0.1, -0.05) is 41.4 Å². The van der Waals surface area contributed by atoms with Crippen LogP contribution in [0.15, 0.2) is 42.5 Å². The van der Waals surface area contributed by atoms with Crippen molar-refractivity contribution in [1.82, 2.24) is 0 Å². The van der Waals surface area contributed by atoms with E-state index in [2.05, 4.69) is 0 Å². The monoisotopic (exact) mass is 353 g/mol. The third kappa shape index (κ3) is 3.41. The molecular weight excluding hydrogens is 338 g/mol. The lowest BCUT2D eigenvalue weighted by atomic mass is 10.0. The average Bonchev–Trinajstić information content (AvgIpc) is 2.45. The van der Waals surface area contributed by atoms with Crippen LogP contribution in [0.4, 0.5) is 0 Å². The molecule has 0 spiro atoms. The van der Waals surface area contributed by atoms with Gasteiger partial charge in [0, 0.05) is 16.0 Å². The zero-order valence-electron chi connectivity index (χ0n) is 12.6. The molecule has 2 nitrogen and oxygen atoms in total. The van der Waals surface area contributed by atoms with Gasteiger partial charge >= 0.3 is 0 Å². The standard InChI is InChI=1S/C17H16Cl2O2P/c1-17(2,3)22(21)14-10-5-4-7-11(14)16(20)15-12(18)8-6-9-13(15)19/h4-10H,1-3H3. The number of hydrogen-bond donors (Lipinski definition) is 0. The molecule has 0 amide bonds. The summed E-state index contributed by atoms with van der Waals surface area (Å²) >= 11 is 12.2. The van der Waals surface area contributed by atoms with Crippen molar-refractivity contribution in [2.75, 3.05) is 0 Å². The lowest BCUT2D eigenvalue weighted by Gasteiger charge is -2.19. The number of rotatable bonds is 3. The molecule has 0 bridgehead atoms. The molecular formula is C17H16Cl2O2P. The minimum Gasteiger partial charge on any atom is -0.288 e. The fourth-order valence-electron chi connectivity index (χ4n) is 2.05. The SMILES string of the molecule is CC(C)(C)[P](=O)c1ccccc1C(=O)c1c(Cl)cccc1Cl. The summed E-state index contributed by atoms with van der Waals surface area (Å²) in [4.78, 5) is 12.8. The van der Waals surface area contributed by atoms with Crippen molar-refractivity contribution in [2.45, 2.75) is 25.9 Å². The molecule has 1 radical (unpaired) electrons. The van der Waals surface area contributed by atoms with E-state index in [0.717, 1.165) is 0 Å². The van der Waals surface area contributed by atoms with E-state index in [0.29, 0.717) is 20.9 Å². The first-order valence-electron chi connectivity index (χ1n) is 6.78. The Labute approximate surface area is 141 Å². The second kappa shape index (κ2) is 6.50. The minimum atomic E-state index is -1.74. The zero-order valence-corrected chi connectivity index (χ0v) is 15.0. The van der Waals surface area contributed by atoms with Gasteiger partial charge in [-0.3, -0.25) is 9.36 Å². The van der Waals surface area contributed by atoms with Crippen LogP contribution >= 0.6 is 31.0 Å². The molecule has 0 aliphatic rings. The maximum atomic E-state index is 12.8. The van der Waals surface area contributed by atoms with Crippen LogP contribution in [0.25, 0.3) is 0 Å². The molecule has 0 saturated heterocycles. The first-order valence-corrected chi connectivity index (χ1v) is 8.80. The summed E-state index contributed by atoms with van der Waals surface area (Å²) in [6.07, 6.45) is 0. The Kier molecular flexibility index (Phi) is 5.07. The van der Waals surface area contributed by atoms with Gasteiger partial charge in [0.1, 0.15) is 7.80 Å². The van der Waals surface area contributed by atoms with Gasteiger partial charge in [0.25, 0.3) is 0 Å². The lowest BCUT2D eigenvalue weighted by Crippen LogP contribution is -2.20. The second-order valence-electron chi connectivity index (χ2n) is 5.91. The molecule has 0 aliphatic carbocycles. The normalized spacial score (nSPS) is 12.1. The zero-order chi connectivity index (χ0) is 16.5. The summed E-state index contributed by atoms with van der Waals surface area (Å²) in [7, 11) is -1.74. The number of halogens is 2. The van der Waals surface area contributed by atoms with Crippen LogP contribution in [0.5, 0.6) is 0 Å². The number of carbonyl (C=O) groups is 1. The van der Waals surface area contributed by atoms with Crippen LogP contribution in [0.2, 0.25) is 10.0 Å². The third-order valence-corrected chi connectivity index (χ3v) is 5.84. The predicted molar refractivity (Wildman–Crippen MR) is 93.3 cm³/mol. The molecule has 2 rings (SSSR count). The van der Waals surface area contributed by atoms with Crippen molar-refractivity contribution >= 4 is 42.1 Å². The topological polar surface area (TPSA) is 34.1 Å². The molecule has 0 heterocycles. The molecule has 0 N–H and O–H groups in total. The highest BCUT2D eigenvalue weighted by Crippen LogP contribution is 2.39. The highest BCUT2D eigenvalue weighted by molar-refractivity contribution is 7.55. The number of carbonyl (C=O) groups excluding carboxylic acids is 1.